The van der Waals surface area contributed by atoms with Crippen molar-refractivity contribution in [2.75, 3.05) is 12.3 Å². The molecule has 0 aliphatic carbocycles. The smallest absolute Gasteiger partial charge is 0.262 e. The number of carbonyl (C=O) groups is 2. The SMILES string of the molecule is CCCSC(=O)C1C=NCCc2c1n(C(=O)c1ccc(F)cc1)c1ccccc21. The molecule has 0 amide bonds. The van der Waals surface area contributed by atoms with Crippen LogP contribution in [0.15, 0.2) is 53.5 Å². The van der Waals surface area contributed by atoms with E-state index in [1.807, 2.05) is 31.2 Å². The zero-order valence-corrected chi connectivity index (χ0v) is 16.9. The number of aromatic nitrogens is 1. The second-order valence-corrected chi connectivity index (χ2v) is 8.08. The lowest BCUT2D eigenvalue weighted by Gasteiger charge is -2.16. The molecular formula is C23H21FN2O2S. The molecule has 2 aromatic carbocycles. The summed E-state index contributed by atoms with van der Waals surface area (Å²) in [6.45, 7) is 2.61. The molecule has 0 saturated heterocycles. The Morgan fingerprint density at radius 3 is 2.69 bits per heavy atom. The topological polar surface area (TPSA) is 51.4 Å². The predicted octanol–water partition coefficient (Wildman–Crippen LogP) is 4.85. The number of carbonyl (C=O) groups excluding carboxylic acids is 2. The first-order chi connectivity index (χ1) is 14.1. The molecule has 4 rings (SSSR count). The standard InChI is InChI=1S/C23H21FN2O2S/c1-2-13-29-23(28)19-14-25-12-11-18-17-5-3-4-6-20(17)26(21(18)19)22(27)15-7-9-16(24)10-8-15/h3-10,14,19H,2,11-13H2,1H3. The van der Waals surface area contributed by atoms with Crippen LogP contribution >= 0.6 is 11.8 Å². The number of rotatable bonds is 4. The number of hydrogen-bond acceptors (Lipinski definition) is 4. The van der Waals surface area contributed by atoms with E-state index in [4.69, 9.17) is 0 Å². The van der Waals surface area contributed by atoms with Gasteiger partial charge in [0, 0.05) is 35.2 Å². The Labute approximate surface area is 172 Å². The number of hydrogen-bond donors (Lipinski definition) is 0. The molecule has 6 heteroatoms. The fourth-order valence-electron chi connectivity index (χ4n) is 3.75. The molecule has 1 aliphatic heterocycles. The van der Waals surface area contributed by atoms with Gasteiger partial charge >= 0.3 is 0 Å². The summed E-state index contributed by atoms with van der Waals surface area (Å²) >= 11 is 1.28. The summed E-state index contributed by atoms with van der Waals surface area (Å²) in [5.74, 6) is -0.518. The van der Waals surface area contributed by atoms with Gasteiger partial charge in [0.25, 0.3) is 5.91 Å². The molecule has 0 fully saturated rings. The lowest BCUT2D eigenvalue weighted by Crippen LogP contribution is -2.22. The summed E-state index contributed by atoms with van der Waals surface area (Å²) in [7, 11) is 0. The van der Waals surface area contributed by atoms with Gasteiger partial charge in [0.15, 0.2) is 0 Å². The van der Waals surface area contributed by atoms with Crippen molar-refractivity contribution in [3.8, 4) is 0 Å². The Balaban J connectivity index is 1.93. The molecule has 4 nitrogen and oxygen atoms in total. The molecular weight excluding hydrogens is 387 g/mol. The van der Waals surface area contributed by atoms with Gasteiger partial charge in [-0.25, -0.2) is 4.39 Å². The first kappa shape index (κ1) is 19.6. The molecule has 3 aromatic rings. The molecule has 0 radical (unpaired) electrons. The van der Waals surface area contributed by atoms with Gasteiger partial charge < -0.3 is 0 Å². The average Bonchev–Trinajstić information content (AvgIpc) is 2.90. The number of halogens is 1. The lowest BCUT2D eigenvalue weighted by atomic mass is 10.0. The molecule has 1 aliphatic rings. The summed E-state index contributed by atoms with van der Waals surface area (Å²) in [5.41, 5.74) is 2.82. The molecule has 1 aromatic heterocycles. The zero-order valence-electron chi connectivity index (χ0n) is 16.1. The monoisotopic (exact) mass is 408 g/mol. The van der Waals surface area contributed by atoms with Crippen molar-refractivity contribution in [1.29, 1.82) is 0 Å². The van der Waals surface area contributed by atoms with Gasteiger partial charge in [0.2, 0.25) is 5.12 Å². The van der Waals surface area contributed by atoms with Crippen LogP contribution in [0, 0.1) is 5.82 Å². The third kappa shape index (κ3) is 3.65. The summed E-state index contributed by atoms with van der Waals surface area (Å²) in [4.78, 5) is 30.9. The quantitative estimate of drug-likeness (QED) is 0.620. The fraction of sp³-hybridized carbons (Fsp3) is 0.261. The molecule has 0 N–H and O–H groups in total. The van der Waals surface area contributed by atoms with E-state index in [1.165, 1.54) is 36.0 Å². The van der Waals surface area contributed by atoms with E-state index in [9.17, 15) is 14.0 Å². The van der Waals surface area contributed by atoms with Gasteiger partial charge in [0.1, 0.15) is 11.7 Å². The predicted molar refractivity (Wildman–Crippen MR) is 116 cm³/mol. The van der Waals surface area contributed by atoms with Crippen LogP contribution in [0.5, 0.6) is 0 Å². The van der Waals surface area contributed by atoms with Crippen LogP contribution in [0.25, 0.3) is 10.9 Å². The van der Waals surface area contributed by atoms with Gasteiger partial charge in [-0.1, -0.05) is 36.9 Å². The molecule has 1 atom stereocenters. The lowest BCUT2D eigenvalue weighted by molar-refractivity contribution is -0.111. The highest BCUT2D eigenvalue weighted by atomic mass is 32.2. The Bertz CT molecular complexity index is 1100. The van der Waals surface area contributed by atoms with Gasteiger partial charge in [-0.05, 0) is 48.7 Å². The molecule has 29 heavy (non-hydrogen) atoms. The third-order valence-corrected chi connectivity index (χ3v) is 6.21. The Morgan fingerprint density at radius 2 is 1.93 bits per heavy atom. The van der Waals surface area contributed by atoms with E-state index < -0.39 is 11.7 Å². The van der Waals surface area contributed by atoms with E-state index in [-0.39, 0.29) is 11.0 Å². The largest absolute Gasteiger partial charge is 0.296 e. The summed E-state index contributed by atoms with van der Waals surface area (Å²) in [5, 5.41) is 0.955. The van der Waals surface area contributed by atoms with Gasteiger partial charge in [-0.15, -0.1) is 0 Å². The molecule has 0 spiro atoms. The number of thioether (sulfide) groups is 1. The van der Waals surface area contributed by atoms with E-state index in [0.29, 0.717) is 24.2 Å². The average molecular weight is 408 g/mol. The molecule has 148 valence electrons. The van der Waals surface area contributed by atoms with Crippen molar-refractivity contribution in [2.24, 2.45) is 4.99 Å². The summed E-state index contributed by atoms with van der Waals surface area (Å²) < 4.78 is 15.0. The summed E-state index contributed by atoms with van der Waals surface area (Å²) in [6, 6.07) is 13.2. The van der Waals surface area contributed by atoms with Crippen molar-refractivity contribution < 1.29 is 14.0 Å². The van der Waals surface area contributed by atoms with Crippen LogP contribution < -0.4 is 0 Å². The van der Waals surface area contributed by atoms with Crippen molar-refractivity contribution in [1.82, 2.24) is 4.57 Å². The van der Waals surface area contributed by atoms with E-state index in [2.05, 4.69) is 4.99 Å². The normalized spacial score (nSPS) is 15.9. The second-order valence-electron chi connectivity index (χ2n) is 6.98. The van der Waals surface area contributed by atoms with Gasteiger partial charge in [-0.3, -0.25) is 19.1 Å². The van der Waals surface area contributed by atoms with Crippen LogP contribution in [-0.2, 0) is 11.2 Å². The van der Waals surface area contributed by atoms with Gasteiger partial charge in [0.05, 0.1) is 5.52 Å². The first-order valence-electron chi connectivity index (χ1n) is 9.71. The summed E-state index contributed by atoms with van der Waals surface area (Å²) in [6.07, 6.45) is 3.24. The number of aliphatic imine (C=N–C) groups is 1. The van der Waals surface area contributed by atoms with E-state index in [0.717, 1.165) is 28.6 Å². The van der Waals surface area contributed by atoms with Crippen LogP contribution in [-0.4, -0.2) is 34.1 Å². The van der Waals surface area contributed by atoms with Crippen LogP contribution in [0.1, 0.15) is 40.9 Å². The van der Waals surface area contributed by atoms with Crippen molar-refractivity contribution in [2.45, 2.75) is 25.7 Å². The second kappa shape index (κ2) is 8.33. The number of benzene rings is 2. The molecule has 1 unspecified atom stereocenters. The van der Waals surface area contributed by atoms with Crippen LogP contribution in [0.3, 0.4) is 0 Å². The molecule has 0 bridgehead atoms. The maximum atomic E-state index is 13.5. The minimum atomic E-state index is -0.583. The first-order valence-corrected chi connectivity index (χ1v) is 10.7. The Hall–Kier alpha value is -2.73. The number of fused-ring (bicyclic) bond motifs is 3. The van der Waals surface area contributed by atoms with Crippen molar-refractivity contribution >= 4 is 39.9 Å². The third-order valence-electron chi connectivity index (χ3n) is 5.06. The molecule has 0 saturated carbocycles. The Morgan fingerprint density at radius 1 is 1.17 bits per heavy atom. The zero-order chi connectivity index (χ0) is 20.4. The van der Waals surface area contributed by atoms with Gasteiger partial charge in [-0.2, -0.15) is 0 Å². The van der Waals surface area contributed by atoms with Crippen LogP contribution in [0.4, 0.5) is 4.39 Å². The highest BCUT2D eigenvalue weighted by Gasteiger charge is 2.32. The fourth-order valence-corrected chi connectivity index (χ4v) is 4.51. The minimum Gasteiger partial charge on any atom is -0.296 e. The van der Waals surface area contributed by atoms with Crippen molar-refractivity contribution in [3.05, 3.63) is 71.2 Å². The highest BCUT2D eigenvalue weighted by Crippen LogP contribution is 2.35. The Kier molecular flexibility index (Phi) is 5.62. The van der Waals surface area contributed by atoms with Crippen LogP contribution in [0.2, 0.25) is 0 Å². The highest BCUT2D eigenvalue weighted by molar-refractivity contribution is 8.13. The molecule has 2 heterocycles. The van der Waals surface area contributed by atoms with E-state index >= 15 is 0 Å². The maximum Gasteiger partial charge on any atom is 0.262 e. The minimum absolute atomic E-state index is 0.00490. The number of para-hydroxylation sites is 1. The number of nitrogens with zero attached hydrogens (tertiary/aromatic N) is 2. The van der Waals surface area contributed by atoms with E-state index in [1.54, 1.807) is 10.8 Å². The maximum absolute atomic E-state index is 13.5. The van der Waals surface area contributed by atoms with Crippen molar-refractivity contribution in [3.63, 3.8) is 0 Å².